The van der Waals surface area contributed by atoms with Crippen molar-refractivity contribution in [1.29, 1.82) is 0 Å². The van der Waals surface area contributed by atoms with Crippen molar-refractivity contribution in [2.24, 2.45) is 0 Å². The third-order valence-corrected chi connectivity index (χ3v) is 3.28. The van der Waals surface area contributed by atoms with Crippen LogP contribution in [0.2, 0.25) is 0 Å². The first-order chi connectivity index (χ1) is 9.27. The van der Waals surface area contributed by atoms with Crippen molar-refractivity contribution in [2.75, 3.05) is 0 Å². The fourth-order valence-corrected chi connectivity index (χ4v) is 2.15. The highest BCUT2D eigenvalue weighted by Gasteiger charge is 2.31. The van der Waals surface area contributed by atoms with Crippen LogP contribution in [-0.4, -0.2) is 4.98 Å². The van der Waals surface area contributed by atoms with Gasteiger partial charge in [0.2, 0.25) is 0 Å². The second-order valence-electron chi connectivity index (χ2n) is 4.92. The Morgan fingerprint density at radius 1 is 1.05 bits per heavy atom. The van der Waals surface area contributed by atoms with Crippen LogP contribution in [0.3, 0.4) is 0 Å². The van der Waals surface area contributed by atoms with Gasteiger partial charge in [0.1, 0.15) is 4.64 Å². The van der Waals surface area contributed by atoms with Crippen molar-refractivity contribution in [1.82, 2.24) is 4.98 Å². The Hall–Kier alpha value is -1.62. The van der Waals surface area contributed by atoms with Crippen molar-refractivity contribution >= 4 is 12.2 Å². The molecule has 1 N–H and O–H groups in total. The average Bonchev–Trinajstić information content (AvgIpc) is 2.37. The zero-order valence-electron chi connectivity index (χ0n) is 11.1. The normalized spacial score (nSPS) is 11.9. The molecule has 1 heterocycles. The largest absolute Gasteiger partial charge is 0.416 e. The maximum absolute atomic E-state index is 12.8. The number of H-pyrrole nitrogens is 1. The standard InChI is InChI=1S/C15H14F3NS/c1-9(2)10-3-5-11(6-4-10)13-7-12(15(16,17)18)8-14(20)19-13/h3-9H,1-2H3,(H,19,20). The highest BCUT2D eigenvalue weighted by atomic mass is 32.1. The van der Waals surface area contributed by atoms with Gasteiger partial charge in [-0.05, 0) is 29.2 Å². The fraction of sp³-hybridized carbons (Fsp3) is 0.267. The summed E-state index contributed by atoms with van der Waals surface area (Å²) in [5.41, 5.74) is 1.47. The Kier molecular flexibility index (Phi) is 3.99. The van der Waals surface area contributed by atoms with E-state index in [4.69, 9.17) is 12.2 Å². The topological polar surface area (TPSA) is 15.8 Å². The van der Waals surface area contributed by atoms with Gasteiger partial charge in [-0.15, -0.1) is 0 Å². The van der Waals surface area contributed by atoms with E-state index >= 15 is 0 Å². The number of aromatic amines is 1. The van der Waals surface area contributed by atoms with Crippen molar-refractivity contribution < 1.29 is 13.2 Å². The molecular weight excluding hydrogens is 283 g/mol. The SMILES string of the molecule is CC(C)c1ccc(-c2cc(C(F)(F)F)cc(=S)[nH]2)cc1. The summed E-state index contributed by atoms with van der Waals surface area (Å²) >= 11 is 4.87. The number of halogens is 3. The minimum atomic E-state index is -4.39. The molecule has 0 radical (unpaired) electrons. The van der Waals surface area contributed by atoms with Crippen LogP contribution in [0.25, 0.3) is 11.3 Å². The lowest BCUT2D eigenvalue weighted by atomic mass is 10.0. The molecule has 0 aliphatic carbocycles. The molecule has 0 aliphatic rings. The van der Waals surface area contributed by atoms with E-state index in [0.717, 1.165) is 17.7 Å². The first-order valence-electron chi connectivity index (χ1n) is 6.19. The van der Waals surface area contributed by atoms with E-state index in [0.29, 0.717) is 17.2 Å². The van der Waals surface area contributed by atoms with Gasteiger partial charge in [0, 0.05) is 5.69 Å². The van der Waals surface area contributed by atoms with E-state index in [2.05, 4.69) is 18.8 Å². The number of nitrogens with one attached hydrogen (secondary N) is 1. The van der Waals surface area contributed by atoms with Crippen LogP contribution >= 0.6 is 12.2 Å². The monoisotopic (exact) mass is 297 g/mol. The van der Waals surface area contributed by atoms with Crippen LogP contribution < -0.4 is 0 Å². The Balaban J connectivity index is 2.47. The van der Waals surface area contributed by atoms with Crippen LogP contribution in [0.4, 0.5) is 13.2 Å². The summed E-state index contributed by atoms with van der Waals surface area (Å²) in [5, 5.41) is 0. The molecular formula is C15H14F3NS. The maximum atomic E-state index is 12.8. The van der Waals surface area contributed by atoms with Crippen LogP contribution in [-0.2, 0) is 6.18 Å². The van der Waals surface area contributed by atoms with E-state index in [1.165, 1.54) is 0 Å². The Morgan fingerprint density at radius 3 is 2.15 bits per heavy atom. The van der Waals surface area contributed by atoms with Crippen molar-refractivity contribution in [3.8, 4) is 11.3 Å². The van der Waals surface area contributed by atoms with Crippen LogP contribution in [0.1, 0.15) is 30.9 Å². The Morgan fingerprint density at radius 2 is 1.65 bits per heavy atom. The molecule has 1 aromatic heterocycles. The van der Waals surface area contributed by atoms with Gasteiger partial charge in [-0.1, -0.05) is 50.3 Å². The Bertz CT molecular complexity index is 654. The lowest BCUT2D eigenvalue weighted by molar-refractivity contribution is -0.137. The second-order valence-corrected chi connectivity index (χ2v) is 5.36. The highest BCUT2D eigenvalue weighted by Crippen LogP contribution is 2.31. The van der Waals surface area contributed by atoms with Crippen LogP contribution in [0, 0.1) is 4.64 Å². The lowest BCUT2D eigenvalue weighted by Crippen LogP contribution is -2.05. The van der Waals surface area contributed by atoms with Gasteiger partial charge >= 0.3 is 6.18 Å². The zero-order valence-corrected chi connectivity index (χ0v) is 11.9. The number of pyridine rings is 1. The van der Waals surface area contributed by atoms with Gasteiger partial charge in [0.05, 0.1) is 5.56 Å². The molecule has 0 saturated heterocycles. The smallest absolute Gasteiger partial charge is 0.346 e. The lowest BCUT2D eigenvalue weighted by Gasteiger charge is -2.10. The van der Waals surface area contributed by atoms with Crippen molar-refractivity contribution in [2.45, 2.75) is 25.9 Å². The van der Waals surface area contributed by atoms with Crippen LogP contribution in [0.5, 0.6) is 0 Å². The molecule has 0 atom stereocenters. The summed E-state index contributed by atoms with van der Waals surface area (Å²) in [6.07, 6.45) is -4.39. The number of benzene rings is 1. The molecule has 20 heavy (non-hydrogen) atoms. The number of hydrogen-bond donors (Lipinski definition) is 1. The molecule has 2 aromatic rings. The molecule has 0 amide bonds. The number of aromatic nitrogens is 1. The summed E-state index contributed by atoms with van der Waals surface area (Å²) in [6.45, 7) is 4.12. The zero-order chi connectivity index (χ0) is 14.9. The van der Waals surface area contributed by atoms with E-state index in [9.17, 15) is 13.2 Å². The highest BCUT2D eigenvalue weighted by molar-refractivity contribution is 7.71. The summed E-state index contributed by atoms with van der Waals surface area (Å²) in [5.74, 6) is 0.379. The molecule has 0 saturated carbocycles. The van der Waals surface area contributed by atoms with Gasteiger partial charge in [0.15, 0.2) is 0 Å². The predicted octanol–water partition coefficient (Wildman–Crippen LogP) is 5.55. The molecule has 0 spiro atoms. The van der Waals surface area contributed by atoms with Gasteiger partial charge in [-0.3, -0.25) is 0 Å². The van der Waals surface area contributed by atoms with Gasteiger partial charge in [-0.25, -0.2) is 0 Å². The first kappa shape index (κ1) is 14.8. The summed E-state index contributed by atoms with van der Waals surface area (Å²) in [7, 11) is 0. The molecule has 5 heteroatoms. The maximum Gasteiger partial charge on any atom is 0.416 e. The molecule has 0 fully saturated rings. The van der Waals surface area contributed by atoms with Gasteiger partial charge in [0.25, 0.3) is 0 Å². The summed E-state index contributed by atoms with van der Waals surface area (Å²) in [6, 6.07) is 9.45. The Labute approximate surface area is 120 Å². The molecule has 0 aliphatic heterocycles. The molecule has 1 aromatic carbocycles. The van der Waals surface area contributed by atoms with Gasteiger partial charge in [-0.2, -0.15) is 13.2 Å². The molecule has 0 bridgehead atoms. The van der Waals surface area contributed by atoms with Crippen molar-refractivity contribution in [3.63, 3.8) is 0 Å². The van der Waals surface area contributed by atoms with Crippen molar-refractivity contribution in [3.05, 3.63) is 52.2 Å². The molecule has 106 valence electrons. The number of hydrogen-bond acceptors (Lipinski definition) is 1. The average molecular weight is 297 g/mol. The minimum Gasteiger partial charge on any atom is -0.346 e. The number of rotatable bonds is 2. The third-order valence-electron chi connectivity index (χ3n) is 3.06. The second kappa shape index (κ2) is 5.40. The third kappa shape index (κ3) is 3.28. The minimum absolute atomic E-state index is 0.0720. The number of alkyl halides is 3. The van der Waals surface area contributed by atoms with Crippen LogP contribution in [0.15, 0.2) is 36.4 Å². The molecule has 0 unspecified atom stereocenters. The van der Waals surface area contributed by atoms with Gasteiger partial charge < -0.3 is 4.98 Å². The van der Waals surface area contributed by atoms with E-state index in [1.807, 2.05) is 12.1 Å². The summed E-state index contributed by atoms with van der Waals surface area (Å²) in [4.78, 5) is 2.80. The molecule has 1 nitrogen and oxygen atoms in total. The fourth-order valence-electron chi connectivity index (χ4n) is 1.91. The predicted molar refractivity (Wildman–Crippen MR) is 76.2 cm³/mol. The van der Waals surface area contributed by atoms with E-state index in [1.54, 1.807) is 12.1 Å². The summed E-state index contributed by atoms with van der Waals surface area (Å²) < 4.78 is 38.4. The molecule has 2 rings (SSSR count). The quantitative estimate of drug-likeness (QED) is 0.718. The van der Waals surface area contributed by atoms with E-state index in [-0.39, 0.29) is 4.64 Å². The first-order valence-corrected chi connectivity index (χ1v) is 6.60. The van der Waals surface area contributed by atoms with E-state index < -0.39 is 11.7 Å².